The van der Waals surface area contributed by atoms with E-state index in [-0.39, 0.29) is 0 Å². The Balaban J connectivity index is 2.97. The topological polar surface area (TPSA) is 0 Å². The van der Waals surface area contributed by atoms with Crippen molar-refractivity contribution in [3.05, 3.63) is 41.3 Å². The lowest BCUT2D eigenvalue weighted by Gasteiger charge is -2.13. The van der Waals surface area contributed by atoms with Crippen molar-refractivity contribution >= 4 is 0 Å². The van der Waals surface area contributed by atoms with Gasteiger partial charge in [0.1, 0.15) is 0 Å². The lowest BCUT2D eigenvalue weighted by molar-refractivity contribution is 0.875. The molecule has 0 aromatic heterocycles. The summed E-state index contributed by atoms with van der Waals surface area (Å²) >= 11 is 0. The van der Waals surface area contributed by atoms with Gasteiger partial charge in [0.25, 0.3) is 0 Å². The van der Waals surface area contributed by atoms with E-state index in [0.717, 1.165) is 6.42 Å². The summed E-state index contributed by atoms with van der Waals surface area (Å²) in [4.78, 5) is 0. The van der Waals surface area contributed by atoms with Gasteiger partial charge in [-0.1, -0.05) is 51.8 Å². The Kier molecular flexibility index (Phi) is 5.45. The molecule has 0 spiro atoms. The molecule has 0 aliphatic rings. The molecule has 0 atom stereocenters. The maximum atomic E-state index is 2.38. The van der Waals surface area contributed by atoms with Crippen LogP contribution in [0.1, 0.15) is 56.7 Å². The molecule has 0 amide bonds. The van der Waals surface area contributed by atoms with Crippen molar-refractivity contribution in [3.63, 3.8) is 0 Å². The van der Waals surface area contributed by atoms with E-state index in [0.29, 0.717) is 0 Å². The molecule has 0 unspecified atom stereocenters. The minimum Gasteiger partial charge on any atom is -0.0651 e. The second-order valence-corrected chi connectivity index (χ2v) is 4.10. The molecule has 1 aromatic carbocycles. The Bertz CT molecular complexity index is 262. The summed E-state index contributed by atoms with van der Waals surface area (Å²) in [6.07, 6.45) is 8.42. The highest BCUT2D eigenvalue weighted by molar-refractivity contribution is 5.40. The fraction of sp³-hybridized carbons (Fsp3) is 0.533. The van der Waals surface area contributed by atoms with Crippen molar-refractivity contribution in [2.75, 3.05) is 0 Å². The number of hydrogen-bond donors (Lipinski definition) is 0. The number of hydrogen-bond acceptors (Lipinski definition) is 0. The molecule has 0 heteroatoms. The molecule has 0 nitrogen and oxygen atoms in total. The predicted molar refractivity (Wildman–Crippen MR) is 68.1 cm³/mol. The molecule has 0 aliphatic carbocycles. The van der Waals surface area contributed by atoms with E-state index < -0.39 is 0 Å². The van der Waals surface area contributed by atoms with Crippen molar-refractivity contribution in [2.45, 2.75) is 52.9 Å². The average molecular weight is 203 g/mol. The van der Waals surface area contributed by atoms with Gasteiger partial charge >= 0.3 is 0 Å². The van der Waals surface area contributed by atoms with Gasteiger partial charge in [-0.25, -0.2) is 0 Å². The quantitative estimate of drug-likeness (QED) is 0.636. The van der Waals surface area contributed by atoms with Crippen LogP contribution in [0, 0.1) is 6.42 Å². The van der Waals surface area contributed by atoms with Gasteiger partial charge in [-0.15, -0.1) is 0 Å². The van der Waals surface area contributed by atoms with Crippen LogP contribution in [-0.2, 0) is 12.8 Å². The minimum absolute atomic E-state index is 1.14. The molecule has 0 N–H and O–H groups in total. The summed E-state index contributed by atoms with van der Waals surface area (Å²) in [5.41, 5.74) is 4.58. The largest absolute Gasteiger partial charge is 0.0651 e. The fourth-order valence-electron chi connectivity index (χ4n) is 2.11. The first-order valence-electron chi connectivity index (χ1n) is 6.27. The highest BCUT2D eigenvalue weighted by Gasteiger charge is 2.06. The Labute approximate surface area is 94.7 Å². The summed E-state index contributed by atoms with van der Waals surface area (Å²) in [5, 5.41) is 0. The molecule has 1 aromatic rings. The summed E-state index contributed by atoms with van der Waals surface area (Å²) in [5.74, 6) is 0. The Morgan fingerprint density at radius 2 is 1.47 bits per heavy atom. The van der Waals surface area contributed by atoms with Gasteiger partial charge in [0, 0.05) is 0 Å². The first-order valence-corrected chi connectivity index (χ1v) is 6.27. The van der Waals surface area contributed by atoms with Gasteiger partial charge in [-0.3, -0.25) is 0 Å². The van der Waals surface area contributed by atoms with Crippen molar-refractivity contribution in [1.29, 1.82) is 0 Å². The first-order chi connectivity index (χ1) is 7.33. The molecule has 0 bridgehead atoms. The standard InChI is InChI=1S/C15H23/c1-4-8-13-11-7-12-14(9-5-2)15(13)10-6-3/h7,10-12H,4-6,8-9H2,1-3H3. The molecule has 0 fully saturated rings. The second-order valence-electron chi connectivity index (χ2n) is 4.10. The van der Waals surface area contributed by atoms with Crippen LogP contribution in [0.2, 0.25) is 0 Å². The monoisotopic (exact) mass is 203 g/mol. The van der Waals surface area contributed by atoms with E-state index >= 15 is 0 Å². The van der Waals surface area contributed by atoms with Crippen LogP contribution in [0.5, 0.6) is 0 Å². The molecule has 83 valence electrons. The average Bonchev–Trinajstić information content (AvgIpc) is 2.23. The van der Waals surface area contributed by atoms with E-state index in [4.69, 9.17) is 0 Å². The van der Waals surface area contributed by atoms with Crippen molar-refractivity contribution < 1.29 is 0 Å². The molecular formula is C15H23. The summed E-state index contributed by atoms with van der Waals surface area (Å²) < 4.78 is 0. The SMILES string of the molecule is CC[CH]c1c(CCC)cccc1CCC. The third-order valence-corrected chi connectivity index (χ3v) is 2.73. The van der Waals surface area contributed by atoms with Crippen LogP contribution >= 0.6 is 0 Å². The molecule has 15 heavy (non-hydrogen) atoms. The van der Waals surface area contributed by atoms with Crippen LogP contribution in [0.25, 0.3) is 0 Å². The number of aryl methyl sites for hydroxylation is 2. The van der Waals surface area contributed by atoms with Crippen LogP contribution in [-0.4, -0.2) is 0 Å². The van der Waals surface area contributed by atoms with E-state index in [1.807, 2.05) is 0 Å². The van der Waals surface area contributed by atoms with Gasteiger partial charge in [0.05, 0.1) is 0 Å². The third kappa shape index (κ3) is 3.37. The Morgan fingerprint density at radius 1 is 0.933 bits per heavy atom. The van der Waals surface area contributed by atoms with E-state index in [1.54, 1.807) is 0 Å². The normalized spacial score (nSPS) is 10.6. The summed E-state index contributed by atoms with van der Waals surface area (Å²) in [7, 11) is 0. The van der Waals surface area contributed by atoms with Crippen molar-refractivity contribution in [1.82, 2.24) is 0 Å². The van der Waals surface area contributed by atoms with Crippen LogP contribution in [0.4, 0.5) is 0 Å². The van der Waals surface area contributed by atoms with Gasteiger partial charge in [-0.2, -0.15) is 0 Å². The molecule has 0 heterocycles. The number of benzene rings is 1. The van der Waals surface area contributed by atoms with Crippen LogP contribution in [0.15, 0.2) is 18.2 Å². The smallest absolute Gasteiger partial charge is 0.00901 e. The van der Waals surface area contributed by atoms with E-state index in [9.17, 15) is 0 Å². The van der Waals surface area contributed by atoms with E-state index in [2.05, 4.69) is 45.4 Å². The fourth-order valence-corrected chi connectivity index (χ4v) is 2.11. The van der Waals surface area contributed by atoms with Gasteiger partial charge in [0.15, 0.2) is 0 Å². The zero-order chi connectivity index (χ0) is 11.1. The maximum absolute atomic E-state index is 2.38. The highest BCUT2D eigenvalue weighted by Crippen LogP contribution is 2.21. The molecule has 1 radical (unpaired) electrons. The lowest BCUT2D eigenvalue weighted by atomic mass is 9.92. The first kappa shape index (κ1) is 12.3. The zero-order valence-corrected chi connectivity index (χ0v) is 10.3. The molecule has 0 saturated heterocycles. The highest BCUT2D eigenvalue weighted by atomic mass is 14.1. The van der Waals surface area contributed by atoms with E-state index in [1.165, 1.54) is 42.4 Å². The third-order valence-electron chi connectivity index (χ3n) is 2.73. The molecular weight excluding hydrogens is 180 g/mol. The Hall–Kier alpha value is -0.780. The second kappa shape index (κ2) is 6.66. The zero-order valence-electron chi connectivity index (χ0n) is 10.3. The molecule has 1 rings (SSSR count). The van der Waals surface area contributed by atoms with Crippen molar-refractivity contribution in [3.8, 4) is 0 Å². The molecule has 0 aliphatic heterocycles. The Morgan fingerprint density at radius 3 is 1.87 bits per heavy atom. The van der Waals surface area contributed by atoms with Gasteiger partial charge < -0.3 is 0 Å². The number of rotatable bonds is 6. The maximum Gasteiger partial charge on any atom is -0.00901 e. The summed E-state index contributed by atoms with van der Waals surface area (Å²) in [6, 6.07) is 6.78. The lowest BCUT2D eigenvalue weighted by Crippen LogP contribution is -1.98. The van der Waals surface area contributed by atoms with Gasteiger partial charge in [-0.05, 0) is 42.4 Å². The van der Waals surface area contributed by atoms with Crippen LogP contribution < -0.4 is 0 Å². The van der Waals surface area contributed by atoms with Crippen LogP contribution in [0.3, 0.4) is 0 Å². The molecule has 0 saturated carbocycles. The summed E-state index contributed by atoms with van der Waals surface area (Å²) in [6.45, 7) is 6.73. The van der Waals surface area contributed by atoms with Gasteiger partial charge in [0.2, 0.25) is 0 Å². The predicted octanol–water partition coefficient (Wildman–Crippen LogP) is 4.55. The van der Waals surface area contributed by atoms with Crippen molar-refractivity contribution in [2.24, 2.45) is 0 Å². The minimum atomic E-state index is 1.14.